The van der Waals surface area contributed by atoms with Crippen LogP contribution >= 0.6 is 11.8 Å². The zero-order valence-electron chi connectivity index (χ0n) is 18.0. The van der Waals surface area contributed by atoms with Crippen LogP contribution in [0.15, 0.2) is 40.4 Å². The van der Waals surface area contributed by atoms with Gasteiger partial charge in [-0.3, -0.25) is 14.2 Å². The summed E-state index contributed by atoms with van der Waals surface area (Å²) in [5.41, 5.74) is 2.22. The molecule has 2 aromatic heterocycles. The van der Waals surface area contributed by atoms with E-state index in [1.807, 2.05) is 58.9 Å². The fourth-order valence-corrected chi connectivity index (χ4v) is 5.01. The van der Waals surface area contributed by atoms with Gasteiger partial charge in [-0.05, 0) is 52.3 Å². The van der Waals surface area contributed by atoms with Crippen molar-refractivity contribution < 1.29 is 4.79 Å². The summed E-state index contributed by atoms with van der Waals surface area (Å²) < 4.78 is 3.48. The highest BCUT2D eigenvalue weighted by Gasteiger charge is 2.31. The minimum Gasteiger partial charge on any atom is -0.313 e. The first-order valence-corrected chi connectivity index (χ1v) is 11.2. The molecule has 0 saturated heterocycles. The van der Waals surface area contributed by atoms with Crippen molar-refractivity contribution in [1.29, 1.82) is 0 Å². The van der Waals surface area contributed by atoms with Gasteiger partial charge in [-0.25, -0.2) is 9.67 Å². The molecule has 0 fully saturated rings. The highest BCUT2D eigenvalue weighted by Crippen LogP contribution is 2.34. The first kappa shape index (κ1) is 20.7. The van der Waals surface area contributed by atoms with Crippen molar-refractivity contribution >= 4 is 34.4 Å². The van der Waals surface area contributed by atoms with E-state index in [2.05, 4.69) is 5.10 Å². The van der Waals surface area contributed by atoms with Crippen molar-refractivity contribution in [2.45, 2.75) is 57.8 Å². The van der Waals surface area contributed by atoms with Gasteiger partial charge < -0.3 is 4.90 Å². The smallest absolute Gasteiger partial charge is 0.265 e. The van der Waals surface area contributed by atoms with Crippen molar-refractivity contribution in [2.75, 3.05) is 17.2 Å². The van der Waals surface area contributed by atoms with Crippen molar-refractivity contribution in [1.82, 2.24) is 19.3 Å². The minimum atomic E-state index is -0.270. The van der Waals surface area contributed by atoms with Crippen LogP contribution in [0.1, 0.15) is 45.7 Å². The van der Waals surface area contributed by atoms with E-state index in [4.69, 9.17) is 4.98 Å². The number of amides is 1. The van der Waals surface area contributed by atoms with E-state index in [-0.39, 0.29) is 29.5 Å². The van der Waals surface area contributed by atoms with Gasteiger partial charge in [0.15, 0.2) is 10.8 Å². The monoisotopic (exact) mass is 425 g/mol. The number of carbonyl (C=O) groups excluding carboxylic acids is 1. The molecule has 0 bridgehead atoms. The summed E-state index contributed by atoms with van der Waals surface area (Å²) in [4.78, 5) is 32.9. The van der Waals surface area contributed by atoms with E-state index < -0.39 is 0 Å². The molecule has 3 aromatic rings. The van der Waals surface area contributed by atoms with Crippen LogP contribution in [0.5, 0.6) is 0 Å². The van der Waals surface area contributed by atoms with Gasteiger partial charge in [-0.15, -0.1) is 0 Å². The number of rotatable bonds is 4. The molecule has 0 spiro atoms. The molecule has 1 aliphatic rings. The van der Waals surface area contributed by atoms with Crippen LogP contribution in [0, 0.1) is 6.92 Å². The number of aryl methyl sites for hydroxylation is 1. The van der Waals surface area contributed by atoms with Gasteiger partial charge in [0.05, 0.1) is 17.8 Å². The third-order valence-electron chi connectivity index (χ3n) is 5.35. The molecule has 0 radical (unpaired) electrons. The van der Waals surface area contributed by atoms with Gasteiger partial charge in [-0.2, -0.15) is 5.10 Å². The predicted molar refractivity (Wildman–Crippen MR) is 120 cm³/mol. The number of benzene rings is 1. The number of carbonyl (C=O) groups is 1. The van der Waals surface area contributed by atoms with Crippen LogP contribution in [-0.2, 0) is 10.3 Å². The Balaban J connectivity index is 1.66. The number of fused-ring (bicyclic) bond motifs is 2. The predicted octanol–water partition coefficient (Wildman–Crippen LogP) is 3.75. The Labute approximate surface area is 180 Å². The van der Waals surface area contributed by atoms with Crippen molar-refractivity contribution in [2.24, 2.45) is 0 Å². The Hall–Kier alpha value is -2.61. The molecule has 158 valence electrons. The van der Waals surface area contributed by atoms with Crippen molar-refractivity contribution in [3.05, 3.63) is 46.4 Å². The highest BCUT2D eigenvalue weighted by atomic mass is 32.2. The second kappa shape index (κ2) is 7.58. The lowest BCUT2D eigenvalue weighted by molar-refractivity contribution is -0.119. The molecule has 7 nitrogen and oxygen atoms in total. The van der Waals surface area contributed by atoms with Gasteiger partial charge in [0.1, 0.15) is 5.39 Å². The fraction of sp³-hybridized carbons (Fsp3) is 0.455. The largest absolute Gasteiger partial charge is 0.313 e. The molecule has 30 heavy (non-hydrogen) atoms. The standard InChI is InChI=1S/C22H27N5O2S/c1-6-25(15-9-7-8-14(2)10-15)18(28)11-16-13-30-21-24-19-17(20(29)26(16)21)12-23-27(19)22(3,4)5/h7-10,12,16H,6,11,13H2,1-5H3. The average molecular weight is 426 g/mol. The SMILES string of the molecule is CCN(C(=O)CC1CSc2nc3c(cnn3C(C)(C)C)c(=O)n21)c1cccc(C)c1. The van der Waals surface area contributed by atoms with Crippen molar-refractivity contribution in [3.8, 4) is 0 Å². The third kappa shape index (κ3) is 3.53. The number of aromatic nitrogens is 4. The maximum absolute atomic E-state index is 13.2. The second-order valence-electron chi connectivity index (χ2n) is 8.68. The summed E-state index contributed by atoms with van der Waals surface area (Å²) in [7, 11) is 0. The Morgan fingerprint density at radius 3 is 2.77 bits per heavy atom. The van der Waals surface area contributed by atoms with E-state index in [1.165, 1.54) is 11.8 Å². The molecule has 8 heteroatoms. The van der Waals surface area contributed by atoms with Crippen LogP contribution in [0.25, 0.3) is 11.0 Å². The summed E-state index contributed by atoms with van der Waals surface area (Å²) in [5, 5.41) is 5.56. The molecular weight excluding hydrogens is 398 g/mol. The first-order chi connectivity index (χ1) is 14.2. The van der Waals surface area contributed by atoms with E-state index in [1.54, 1.807) is 20.3 Å². The molecule has 4 rings (SSSR count). The van der Waals surface area contributed by atoms with E-state index in [0.29, 0.717) is 28.5 Å². The molecule has 1 atom stereocenters. The van der Waals surface area contributed by atoms with Crippen LogP contribution in [-0.4, -0.2) is 37.5 Å². The van der Waals surface area contributed by atoms with Crippen LogP contribution in [0.4, 0.5) is 5.69 Å². The fourth-order valence-electron chi connectivity index (χ4n) is 3.88. The van der Waals surface area contributed by atoms with Crippen LogP contribution in [0.2, 0.25) is 0 Å². The lowest BCUT2D eigenvalue weighted by Crippen LogP contribution is -2.34. The van der Waals surface area contributed by atoms with Crippen LogP contribution < -0.4 is 10.5 Å². The van der Waals surface area contributed by atoms with Gasteiger partial charge in [0, 0.05) is 24.4 Å². The molecule has 1 unspecified atom stereocenters. The van der Waals surface area contributed by atoms with Gasteiger partial charge in [0.2, 0.25) is 5.91 Å². The summed E-state index contributed by atoms with van der Waals surface area (Å²) >= 11 is 1.53. The van der Waals surface area contributed by atoms with E-state index >= 15 is 0 Å². The molecule has 1 aromatic carbocycles. The van der Waals surface area contributed by atoms with Gasteiger partial charge >= 0.3 is 0 Å². The zero-order chi connectivity index (χ0) is 21.6. The summed E-state index contributed by atoms with van der Waals surface area (Å²) in [6, 6.07) is 7.72. The van der Waals surface area contributed by atoms with Gasteiger partial charge in [0.25, 0.3) is 5.56 Å². The summed E-state index contributed by atoms with van der Waals surface area (Å²) in [6.45, 7) is 10.7. The number of anilines is 1. The quantitative estimate of drug-likeness (QED) is 0.595. The maximum atomic E-state index is 13.2. The van der Waals surface area contributed by atoms with Crippen molar-refractivity contribution in [3.63, 3.8) is 0 Å². The molecule has 0 saturated carbocycles. The number of nitrogens with zero attached hydrogens (tertiary/aromatic N) is 5. The van der Waals surface area contributed by atoms with Crippen LogP contribution in [0.3, 0.4) is 0 Å². The molecular formula is C22H27N5O2S. The Morgan fingerprint density at radius 2 is 2.10 bits per heavy atom. The Morgan fingerprint density at radius 1 is 1.33 bits per heavy atom. The highest BCUT2D eigenvalue weighted by molar-refractivity contribution is 7.99. The minimum absolute atomic E-state index is 0.0129. The summed E-state index contributed by atoms with van der Waals surface area (Å²) in [6.07, 6.45) is 1.86. The normalized spacial score (nSPS) is 16.1. The maximum Gasteiger partial charge on any atom is 0.265 e. The molecule has 0 aliphatic carbocycles. The topological polar surface area (TPSA) is 73.0 Å². The number of thioether (sulfide) groups is 1. The molecule has 3 heterocycles. The first-order valence-electron chi connectivity index (χ1n) is 10.2. The number of hydrogen-bond donors (Lipinski definition) is 0. The zero-order valence-corrected chi connectivity index (χ0v) is 18.9. The molecule has 0 N–H and O–H groups in total. The number of hydrogen-bond acceptors (Lipinski definition) is 5. The van der Waals surface area contributed by atoms with E-state index in [0.717, 1.165) is 11.3 Å². The average Bonchev–Trinajstić information content (AvgIpc) is 3.27. The Bertz CT molecular complexity index is 1170. The summed E-state index contributed by atoms with van der Waals surface area (Å²) in [5.74, 6) is 0.675. The lowest BCUT2D eigenvalue weighted by Gasteiger charge is -2.23. The Kier molecular flexibility index (Phi) is 5.22. The third-order valence-corrected chi connectivity index (χ3v) is 6.44. The van der Waals surface area contributed by atoms with E-state index in [9.17, 15) is 9.59 Å². The second-order valence-corrected chi connectivity index (χ2v) is 9.67. The lowest BCUT2D eigenvalue weighted by atomic mass is 10.1. The van der Waals surface area contributed by atoms with Gasteiger partial charge in [-0.1, -0.05) is 23.9 Å². The molecule has 1 aliphatic heterocycles. The molecule has 1 amide bonds.